The normalized spacial score (nSPS) is 10.9. The lowest BCUT2D eigenvalue weighted by Crippen LogP contribution is -2.26. The summed E-state index contributed by atoms with van der Waals surface area (Å²) in [6.45, 7) is 2.26. The molecule has 2 aromatic heterocycles. The molecule has 156 valence electrons. The third-order valence-electron chi connectivity index (χ3n) is 4.50. The van der Waals surface area contributed by atoms with E-state index >= 15 is 0 Å². The van der Waals surface area contributed by atoms with E-state index in [1.807, 2.05) is 31.2 Å². The van der Waals surface area contributed by atoms with Crippen molar-refractivity contribution in [2.24, 2.45) is 0 Å². The van der Waals surface area contributed by atoms with Crippen molar-refractivity contribution in [3.05, 3.63) is 88.2 Å². The van der Waals surface area contributed by atoms with E-state index < -0.39 is 11.7 Å². The monoisotopic (exact) mass is 435 g/mol. The maximum Gasteiger partial charge on any atom is 0.282 e. The molecule has 1 amide bonds. The van der Waals surface area contributed by atoms with Crippen LogP contribution in [0.3, 0.4) is 0 Å². The molecule has 2 heterocycles. The first-order chi connectivity index (χ1) is 15.0. The molecule has 2 aromatic carbocycles. The van der Waals surface area contributed by atoms with Gasteiger partial charge in [-0.1, -0.05) is 53.7 Å². The molecule has 0 fully saturated rings. The number of hydrogen-bond donors (Lipinski definition) is 1. The molecule has 0 radical (unpaired) electrons. The minimum Gasteiger partial charge on any atom is -0.323 e. The van der Waals surface area contributed by atoms with Crippen molar-refractivity contribution in [3.8, 4) is 0 Å². The first-order valence-electron chi connectivity index (χ1n) is 9.45. The molecule has 9 heteroatoms. The Morgan fingerprint density at radius 2 is 1.84 bits per heavy atom. The summed E-state index contributed by atoms with van der Waals surface area (Å²) < 4.78 is 15.3. The summed E-state index contributed by atoms with van der Waals surface area (Å²) in [5, 5.41) is 2.87. The Kier molecular flexibility index (Phi) is 6.03. The third-order valence-corrected chi connectivity index (χ3v) is 5.48. The zero-order valence-corrected chi connectivity index (χ0v) is 17.4. The summed E-state index contributed by atoms with van der Waals surface area (Å²) in [5.74, 6) is -0.984. The number of aryl methyl sites for hydroxylation is 1. The van der Waals surface area contributed by atoms with E-state index in [4.69, 9.17) is 0 Å². The van der Waals surface area contributed by atoms with Crippen molar-refractivity contribution in [2.75, 3.05) is 11.1 Å². The summed E-state index contributed by atoms with van der Waals surface area (Å²) in [5.41, 5.74) is 2.16. The maximum absolute atomic E-state index is 13.8. The van der Waals surface area contributed by atoms with Crippen molar-refractivity contribution < 1.29 is 9.18 Å². The molecule has 0 aliphatic carbocycles. The van der Waals surface area contributed by atoms with E-state index in [2.05, 4.69) is 20.3 Å². The highest BCUT2D eigenvalue weighted by Crippen LogP contribution is 2.19. The number of carbonyl (C=O) groups excluding carboxylic acids is 1. The molecule has 0 saturated carbocycles. The van der Waals surface area contributed by atoms with E-state index in [9.17, 15) is 14.0 Å². The van der Waals surface area contributed by atoms with Crippen molar-refractivity contribution in [1.29, 1.82) is 0 Å². The Labute approximate surface area is 181 Å². The lowest BCUT2D eigenvalue weighted by atomic mass is 10.1. The SMILES string of the molecule is Cc1ccc(Cn2c(SCC(=O)Nc3ccccc3F)nc3nccnc3c2=O)cc1. The minimum atomic E-state index is -0.517. The predicted octanol–water partition coefficient (Wildman–Crippen LogP) is 3.41. The van der Waals surface area contributed by atoms with Crippen molar-refractivity contribution in [2.45, 2.75) is 18.6 Å². The van der Waals surface area contributed by atoms with E-state index in [1.54, 1.807) is 12.1 Å². The lowest BCUT2D eigenvalue weighted by Gasteiger charge is -2.13. The van der Waals surface area contributed by atoms with Crippen LogP contribution in [0, 0.1) is 12.7 Å². The molecular formula is C22H18FN5O2S. The van der Waals surface area contributed by atoms with E-state index in [0.717, 1.165) is 22.9 Å². The second-order valence-electron chi connectivity index (χ2n) is 6.82. The topological polar surface area (TPSA) is 89.8 Å². The smallest absolute Gasteiger partial charge is 0.282 e. The fraction of sp³-hybridized carbons (Fsp3) is 0.136. The van der Waals surface area contributed by atoms with Crippen LogP contribution in [0.5, 0.6) is 0 Å². The molecule has 0 unspecified atom stereocenters. The molecule has 7 nitrogen and oxygen atoms in total. The van der Waals surface area contributed by atoms with Crippen molar-refractivity contribution in [1.82, 2.24) is 19.5 Å². The highest BCUT2D eigenvalue weighted by Gasteiger charge is 2.16. The second-order valence-corrected chi connectivity index (χ2v) is 7.76. The van der Waals surface area contributed by atoms with Gasteiger partial charge in [-0.3, -0.25) is 14.2 Å². The Balaban J connectivity index is 1.62. The summed E-state index contributed by atoms with van der Waals surface area (Å²) in [4.78, 5) is 38.1. The van der Waals surface area contributed by atoms with Crippen molar-refractivity contribution in [3.63, 3.8) is 0 Å². The number of benzene rings is 2. The fourth-order valence-corrected chi connectivity index (χ4v) is 3.72. The number of fused-ring (bicyclic) bond motifs is 1. The van der Waals surface area contributed by atoms with Gasteiger partial charge in [0.1, 0.15) is 5.82 Å². The van der Waals surface area contributed by atoms with Crippen LogP contribution in [0.25, 0.3) is 11.2 Å². The van der Waals surface area contributed by atoms with E-state index in [1.165, 1.54) is 29.1 Å². The zero-order valence-electron chi connectivity index (χ0n) is 16.6. The Bertz CT molecular complexity index is 1310. The summed E-state index contributed by atoms with van der Waals surface area (Å²) in [6, 6.07) is 13.7. The molecule has 0 spiro atoms. The average molecular weight is 435 g/mol. The van der Waals surface area contributed by atoms with Crippen LogP contribution >= 0.6 is 11.8 Å². The maximum atomic E-state index is 13.8. The number of aromatic nitrogens is 4. The number of thioether (sulfide) groups is 1. The van der Waals surface area contributed by atoms with Gasteiger partial charge < -0.3 is 5.32 Å². The molecular weight excluding hydrogens is 417 g/mol. The second kappa shape index (κ2) is 9.05. The van der Waals surface area contributed by atoms with Crippen LogP contribution in [0.2, 0.25) is 0 Å². The largest absolute Gasteiger partial charge is 0.323 e. The molecule has 0 saturated heterocycles. The van der Waals surface area contributed by atoms with Gasteiger partial charge in [-0.25, -0.2) is 19.3 Å². The Hall–Kier alpha value is -3.59. The number of amides is 1. The highest BCUT2D eigenvalue weighted by atomic mass is 32.2. The molecule has 0 bridgehead atoms. The molecule has 4 aromatic rings. The van der Waals surface area contributed by atoms with Crippen LogP contribution in [0.1, 0.15) is 11.1 Å². The van der Waals surface area contributed by atoms with E-state index in [0.29, 0.717) is 5.16 Å². The molecule has 0 aliphatic heterocycles. The quantitative estimate of drug-likeness (QED) is 0.369. The number of halogens is 1. The van der Waals surface area contributed by atoms with Gasteiger partial charge in [-0.2, -0.15) is 0 Å². The van der Waals surface area contributed by atoms with Crippen LogP contribution in [-0.4, -0.2) is 31.2 Å². The van der Waals surface area contributed by atoms with Gasteiger partial charge in [0.15, 0.2) is 16.3 Å². The van der Waals surface area contributed by atoms with Gasteiger partial charge >= 0.3 is 0 Å². The Morgan fingerprint density at radius 3 is 2.61 bits per heavy atom. The van der Waals surface area contributed by atoms with Gasteiger partial charge in [-0.05, 0) is 24.6 Å². The first kappa shape index (κ1) is 20.7. The highest BCUT2D eigenvalue weighted by molar-refractivity contribution is 7.99. The van der Waals surface area contributed by atoms with Crippen LogP contribution < -0.4 is 10.9 Å². The summed E-state index contributed by atoms with van der Waals surface area (Å²) in [7, 11) is 0. The summed E-state index contributed by atoms with van der Waals surface area (Å²) in [6.07, 6.45) is 2.90. The zero-order chi connectivity index (χ0) is 21.8. The predicted molar refractivity (Wildman–Crippen MR) is 118 cm³/mol. The van der Waals surface area contributed by atoms with Crippen molar-refractivity contribution >= 4 is 34.5 Å². The number of nitrogens with zero attached hydrogens (tertiary/aromatic N) is 4. The fourth-order valence-electron chi connectivity index (χ4n) is 2.93. The number of nitrogens with one attached hydrogen (secondary N) is 1. The number of anilines is 1. The number of carbonyl (C=O) groups is 1. The average Bonchev–Trinajstić information content (AvgIpc) is 2.77. The van der Waals surface area contributed by atoms with Gasteiger partial charge in [0, 0.05) is 12.4 Å². The summed E-state index contributed by atoms with van der Waals surface area (Å²) >= 11 is 1.08. The first-order valence-corrected chi connectivity index (χ1v) is 10.4. The molecule has 0 aliphatic rings. The molecule has 31 heavy (non-hydrogen) atoms. The Morgan fingerprint density at radius 1 is 1.10 bits per heavy atom. The van der Waals surface area contributed by atoms with Gasteiger partial charge in [0.05, 0.1) is 18.0 Å². The minimum absolute atomic E-state index is 0.0551. The van der Waals surface area contributed by atoms with Gasteiger partial charge in [0.25, 0.3) is 5.56 Å². The molecule has 1 N–H and O–H groups in total. The van der Waals surface area contributed by atoms with Crippen LogP contribution in [0.15, 0.2) is 70.9 Å². The van der Waals surface area contributed by atoms with Crippen LogP contribution in [0.4, 0.5) is 10.1 Å². The van der Waals surface area contributed by atoms with Gasteiger partial charge in [-0.15, -0.1) is 0 Å². The number of para-hydroxylation sites is 1. The third kappa shape index (κ3) is 4.77. The number of rotatable bonds is 6. The molecule has 0 atom stereocenters. The lowest BCUT2D eigenvalue weighted by molar-refractivity contribution is -0.113. The molecule has 4 rings (SSSR count). The van der Waals surface area contributed by atoms with Crippen LogP contribution in [-0.2, 0) is 11.3 Å². The number of hydrogen-bond acceptors (Lipinski definition) is 6. The van der Waals surface area contributed by atoms with E-state index in [-0.39, 0.29) is 34.7 Å². The van der Waals surface area contributed by atoms with Gasteiger partial charge in [0.2, 0.25) is 5.91 Å². The standard InChI is InChI=1S/C22H18FN5O2S/c1-14-6-8-15(9-7-14)12-28-21(30)19-20(25-11-10-24-19)27-22(28)31-13-18(29)26-17-5-3-2-4-16(17)23/h2-11H,12-13H2,1H3,(H,26,29).